The number of hydrogen-bond acceptors (Lipinski definition) is 2. The highest BCUT2D eigenvalue weighted by molar-refractivity contribution is 9.10. The van der Waals surface area contributed by atoms with E-state index in [9.17, 15) is 17.6 Å². The van der Waals surface area contributed by atoms with Gasteiger partial charge in [0.05, 0.1) is 4.47 Å². The lowest BCUT2D eigenvalue weighted by Gasteiger charge is -2.12. The maximum absolute atomic E-state index is 12.8. The van der Waals surface area contributed by atoms with Gasteiger partial charge in [-0.05, 0) is 51.8 Å². The van der Waals surface area contributed by atoms with Crippen molar-refractivity contribution in [3.8, 4) is 5.75 Å². The summed E-state index contributed by atoms with van der Waals surface area (Å²) < 4.78 is 53.2. The number of nitrogens with one attached hydrogen (secondary N) is 1. The van der Waals surface area contributed by atoms with Crippen LogP contribution >= 0.6 is 15.9 Å². The van der Waals surface area contributed by atoms with Crippen LogP contribution in [0, 0.1) is 5.82 Å². The third-order valence-corrected chi connectivity index (χ3v) is 3.19. The lowest BCUT2D eigenvalue weighted by atomic mass is 10.2. The second kappa shape index (κ2) is 6.34. The van der Waals surface area contributed by atoms with E-state index >= 15 is 0 Å². The van der Waals surface area contributed by atoms with Crippen LogP contribution in [0.15, 0.2) is 46.9 Å². The van der Waals surface area contributed by atoms with Crippen LogP contribution in [0.3, 0.4) is 0 Å². The first-order valence-electron chi connectivity index (χ1n) is 5.87. The van der Waals surface area contributed by atoms with Crippen molar-refractivity contribution in [1.29, 1.82) is 0 Å². The van der Waals surface area contributed by atoms with Crippen LogP contribution in [0.2, 0.25) is 0 Å². The molecule has 0 bridgehead atoms. The monoisotopic (exact) mass is 363 g/mol. The largest absolute Gasteiger partial charge is 0.573 e. The molecule has 0 aliphatic carbocycles. The smallest absolute Gasteiger partial charge is 0.405 e. The summed E-state index contributed by atoms with van der Waals surface area (Å²) in [6.45, 7) is 0.423. The molecule has 7 heteroatoms. The normalized spacial score (nSPS) is 11.3. The maximum atomic E-state index is 12.8. The first-order valence-corrected chi connectivity index (χ1v) is 6.66. The van der Waals surface area contributed by atoms with Gasteiger partial charge in [0.25, 0.3) is 0 Å². The van der Waals surface area contributed by atoms with Crippen LogP contribution in [0.25, 0.3) is 0 Å². The molecule has 0 fully saturated rings. The van der Waals surface area contributed by atoms with Crippen molar-refractivity contribution >= 4 is 21.6 Å². The fraction of sp³-hybridized carbons (Fsp3) is 0.143. The van der Waals surface area contributed by atoms with Crippen molar-refractivity contribution in [1.82, 2.24) is 0 Å². The standard InChI is InChI=1S/C14H10BrF4NO/c15-12-7-11(5-6-13(12)21-14(17,18)19)20-8-9-1-3-10(16)4-2-9/h1-7,20H,8H2. The van der Waals surface area contributed by atoms with Gasteiger partial charge in [-0.15, -0.1) is 13.2 Å². The molecule has 0 atom stereocenters. The Morgan fingerprint density at radius 3 is 2.29 bits per heavy atom. The van der Waals surface area contributed by atoms with Crippen molar-refractivity contribution in [2.75, 3.05) is 5.32 Å². The third-order valence-electron chi connectivity index (χ3n) is 2.57. The van der Waals surface area contributed by atoms with Gasteiger partial charge in [-0.3, -0.25) is 0 Å². The minimum Gasteiger partial charge on any atom is -0.405 e. The number of halogens is 5. The SMILES string of the molecule is Fc1ccc(CNc2ccc(OC(F)(F)F)c(Br)c2)cc1. The molecule has 0 amide bonds. The van der Waals surface area contributed by atoms with E-state index in [1.54, 1.807) is 12.1 Å². The van der Waals surface area contributed by atoms with Gasteiger partial charge in [-0.2, -0.15) is 0 Å². The van der Waals surface area contributed by atoms with Crippen LogP contribution in [0.1, 0.15) is 5.56 Å². The quantitative estimate of drug-likeness (QED) is 0.763. The molecule has 0 aromatic heterocycles. The minimum absolute atomic E-state index is 0.184. The fourth-order valence-electron chi connectivity index (χ4n) is 1.62. The summed E-state index contributed by atoms with van der Waals surface area (Å²) in [6.07, 6.45) is -4.73. The third kappa shape index (κ3) is 4.93. The van der Waals surface area contributed by atoms with Gasteiger partial charge in [-0.1, -0.05) is 12.1 Å². The van der Waals surface area contributed by atoms with Crippen LogP contribution < -0.4 is 10.1 Å². The van der Waals surface area contributed by atoms with Crippen LogP contribution in [0.5, 0.6) is 5.75 Å². The summed E-state index contributed by atoms with van der Waals surface area (Å²) in [5.41, 5.74) is 1.46. The predicted octanol–water partition coefficient (Wildman–Crippen LogP) is 5.10. The summed E-state index contributed by atoms with van der Waals surface area (Å²) in [6, 6.07) is 10.1. The molecule has 2 aromatic rings. The Labute approximate surface area is 126 Å². The number of ether oxygens (including phenoxy) is 1. The van der Waals surface area contributed by atoms with Crippen molar-refractivity contribution in [2.24, 2.45) is 0 Å². The van der Waals surface area contributed by atoms with E-state index in [0.29, 0.717) is 12.2 Å². The van der Waals surface area contributed by atoms with Gasteiger partial charge in [-0.25, -0.2) is 4.39 Å². The lowest BCUT2D eigenvalue weighted by Crippen LogP contribution is -2.17. The Morgan fingerprint density at radius 1 is 1.05 bits per heavy atom. The average Bonchev–Trinajstić information content (AvgIpc) is 2.40. The maximum Gasteiger partial charge on any atom is 0.573 e. The summed E-state index contributed by atoms with van der Waals surface area (Å²) in [5.74, 6) is -0.634. The van der Waals surface area contributed by atoms with E-state index in [0.717, 1.165) is 5.56 Å². The first-order chi connectivity index (χ1) is 9.83. The molecule has 0 radical (unpaired) electrons. The highest BCUT2D eigenvalue weighted by atomic mass is 79.9. The number of hydrogen-bond donors (Lipinski definition) is 1. The molecule has 0 aliphatic rings. The van der Waals surface area contributed by atoms with Crippen molar-refractivity contribution in [3.05, 3.63) is 58.3 Å². The zero-order valence-corrected chi connectivity index (χ0v) is 12.1. The van der Waals surface area contributed by atoms with Crippen LogP contribution in [-0.4, -0.2) is 6.36 Å². The molecule has 0 saturated heterocycles. The van der Waals surface area contributed by atoms with Crippen molar-refractivity contribution in [2.45, 2.75) is 12.9 Å². The van der Waals surface area contributed by atoms with Crippen LogP contribution in [0.4, 0.5) is 23.2 Å². The van der Waals surface area contributed by atoms with Gasteiger partial charge in [0.1, 0.15) is 11.6 Å². The van der Waals surface area contributed by atoms with E-state index in [1.165, 1.54) is 30.3 Å². The molecule has 0 spiro atoms. The van der Waals surface area contributed by atoms with Gasteiger partial charge in [0, 0.05) is 12.2 Å². The highest BCUT2D eigenvalue weighted by Gasteiger charge is 2.31. The Bertz CT molecular complexity index is 613. The second-order valence-electron chi connectivity index (χ2n) is 4.17. The van der Waals surface area contributed by atoms with Gasteiger partial charge in [0.2, 0.25) is 0 Å². The number of rotatable bonds is 4. The molecular formula is C14H10BrF4NO. The van der Waals surface area contributed by atoms with E-state index in [2.05, 4.69) is 26.0 Å². The van der Waals surface area contributed by atoms with E-state index < -0.39 is 6.36 Å². The molecule has 0 aliphatic heterocycles. The predicted molar refractivity (Wildman–Crippen MR) is 74.6 cm³/mol. The summed E-state index contributed by atoms with van der Waals surface area (Å²) in [5, 5.41) is 3.02. The van der Waals surface area contributed by atoms with E-state index in [1.807, 2.05) is 0 Å². The molecule has 2 rings (SSSR count). The second-order valence-corrected chi connectivity index (χ2v) is 5.03. The van der Waals surface area contributed by atoms with Gasteiger partial charge < -0.3 is 10.1 Å². The molecule has 2 aromatic carbocycles. The fourth-order valence-corrected chi connectivity index (χ4v) is 2.08. The molecule has 0 saturated carbocycles. The Morgan fingerprint density at radius 2 is 1.71 bits per heavy atom. The first kappa shape index (κ1) is 15.6. The molecule has 21 heavy (non-hydrogen) atoms. The number of alkyl halides is 3. The van der Waals surface area contributed by atoms with Crippen molar-refractivity contribution in [3.63, 3.8) is 0 Å². The highest BCUT2D eigenvalue weighted by Crippen LogP contribution is 2.32. The summed E-state index contributed by atoms with van der Waals surface area (Å²) in [7, 11) is 0. The average molecular weight is 364 g/mol. The molecule has 0 heterocycles. The Balaban J connectivity index is 2.01. The summed E-state index contributed by atoms with van der Waals surface area (Å²) >= 11 is 3.02. The topological polar surface area (TPSA) is 21.3 Å². The summed E-state index contributed by atoms with van der Waals surface area (Å²) in [4.78, 5) is 0. The van der Waals surface area contributed by atoms with Crippen LogP contribution in [-0.2, 0) is 6.54 Å². The molecule has 2 nitrogen and oxygen atoms in total. The zero-order chi connectivity index (χ0) is 15.5. The van der Waals surface area contributed by atoms with Gasteiger partial charge >= 0.3 is 6.36 Å². The van der Waals surface area contributed by atoms with E-state index in [-0.39, 0.29) is 16.0 Å². The number of benzene rings is 2. The lowest BCUT2D eigenvalue weighted by molar-refractivity contribution is -0.274. The van der Waals surface area contributed by atoms with E-state index in [4.69, 9.17) is 0 Å². The molecule has 112 valence electrons. The molecule has 1 N–H and O–H groups in total. The Kier molecular flexibility index (Phi) is 4.72. The Hall–Kier alpha value is -1.76. The zero-order valence-electron chi connectivity index (χ0n) is 10.5. The molecule has 0 unspecified atom stereocenters. The number of anilines is 1. The van der Waals surface area contributed by atoms with Gasteiger partial charge in [0.15, 0.2) is 0 Å². The molecular weight excluding hydrogens is 354 g/mol. The minimum atomic E-state index is -4.73. The van der Waals surface area contributed by atoms with Crippen molar-refractivity contribution < 1.29 is 22.3 Å².